The molecule has 3 amide bonds. The minimum atomic E-state index is 0. The number of carbonyl (C=O) groups excluding carboxylic acids is 2. The van der Waals surface area contributed by atoms with Crippen molar-refractivity contribution in [3.8, 4) is 0 Å². The molecule has 2 atom stereocenters. The molecule has 0 bridgehead atoms. The Labute approximate surface area is 157 Å². The highest BCUT2D eigenvalue weighted by Crippen LogP contribution is 2.25. The molecule has 25 heavy (non-hydrogen) atoms. The van der Waals surface area contributed by atoms with Crippen molar-refractivity contribution >= 4 is 24.3 Å². The summed E-state index contributed by atoms with van der Waals surface area (Å²) in [6.07, 6.45) is 8.40. The summed E-state index contributed by atoms with van der Waals surface area (Å²) in [5.41, 5.74) is 5.86. The summed E-state index contributed by atoms with van der Waals surface area (Å²) >= 11 is 0. The molecule has 0 aromatic rings. The van der Waals surface area contributed by atoms with Crippen LogP contribution in [0.25, 0.3) is 0 Å². The van der Waals surface area contributed by atoms with Gasteiger partial charge in [-0.1, -0.05) is 12.8 Å². The van der Waals surface area contributed by atoms with Gasteiger partial charge in [-0.25, -0.2) is 4.79 Å². The summed E-state index contributed by atoms with van der Waals surface area (Å²) in [4.78, 5) is 28.9. The van der Waals surface area contributed by atoms with Crippen LogP contribution < -0.4 is 11.1 Å². The number of halogens is 1. The van der Waals surface area contributed by atoms with Gasteiger partial charge in [0, 0.05) is 38.1 Å². The molecule has 3 N–H and O–H groups in total. The fourth-order valence-corrected chi connectivity index (χ4v) is 4.42. The molecule has 1 saturated carbocycles. The van der Waals surface area contributed by atoms with Gasteiger partial charge >= 0.3 is 6.03 Å². The summed E-state index contributed by atoms with van der Waals surface area (Å²) in [6, 6.07) is 0.419. The lowest BCUT2D eigenvalue weighted by Gasteiger charge is -2.36. The number of nitrogens with one attached hydrogen (secondary N) is 1. The second kappa shape index (κ2) is 9.62. The Morgan fingerprint density at radius 1 is 0.880 bits per heavy atom. The monoisotopic (exact) mass is 372 g/mol. The van der Waals surface area contributed by atoms with E-state index in [4.69, 9.17) is 5.73 Å². The highest BCUT2D eigenvalue weighted by molar-refractivity contribution is 5.85. The quantitative estimate of drug-likeness (QED) is 0.794. The third-order valence-corrected chi connectivity index (χ3v) is 6.05. The third kappa shape index (κ3) is 5.00. The van der Waals surface area contributed by atoms with E-state index in [9.17, 15) is 9.59 Å². The van der Waals surface area contributed by atoms with Crippen LogP contribution in [0, 0.1) is 11.8 Å². The number of hydrogen-bond donors (Lipinski definition) is 2. The van der Waals surface area contributed by atoms with E-state index in [-0.39, 0.29) is 36.3 Å². The van der Waals surface area contributed by atoms with E-state index < -0.39 is 0 Å². The van der Waals surface area contributed by atoms with Gasteiger partial charge in [-0.2, -0.15) is 0 Å². The number of nitrogens with zero attached hydrogens (tertiary/aromatic N) is 2. The van der Waals surface area contributed by atoms with E-state index in [1.165, 1.54) is 12.8 Å². The van der Waals surface area contributed by atoms with E-state index in [1.807, 2.05) is 9.80 Å². The molecule has 7 heteroatoms. The molecule has 0 spiro atoms. The molecule has 0 aromatic heterocycles. The van der Waals surface area contributed by atoms with E-state index in [0.29, 0.717) is 25.6 Å². The molecule has 1 aliphatic carbocycles. The number of nitrogens with two attached hydrogens (primary N) is 1. The van der Waals surface area contributed by atoms with Crippen LogP contribution in [0.15, 0.2) is 0 Å². The van der Waals surface area contributed by atoms with Crippen molar-refractivity contribution in [1.29, 1.82) is 0 Å². The summed E-state index contributed by atoms with van der Waals surface area (Å²) in [5, 5.41) is 3.26. The third-order valence-electron chi connectivity index (χ3n) is 6.05. The van der Waals surface area contributed by atoms with Gasteiger partial charge in [-0.15, -0.1) is 12.4 Å². The first-order chi connectivity index (χ1) is 11.7. The van der Waals surface area contributed by atoms with Crippen LogP contribution in [0.3, 0.4) is 0 Å². The Hall–Kier alpha value is -1.01. The second-order valence-corrected chi connectivity index (χ2v) is 7.63. The molecular formula is C18H33ClN4O2. The highest BCUT2D eigenvalue weighted by atomic mass is 35.5. The Bertz CT molecular complexity index is 448. The van der Waals surface area contributed by atoms with Gasteiger partial charge < -0.3 is 20.9 Å². The van der Waals surface area contributed by atoms with Crippen molar-refractivity contribution in [3.63, 3.8) is 0 Å². The van der Waals surface area contributed by atoms with Gasteiger partial charge in [-0.05, 0) is 51.0 Å². The SMILES string of the molecule is Cl.NCC1CCCCC1NC(=O)C1CCN(C(=O)N2CCCC2)CC1. The van der Waals surface area contributed by atoms with Crippen LogP contribution in [0.5, 0.6) is 0 Å². The summed E-state index contributed by atoms with van der Waals surface area (Å²) in [5.74, 6) is 0.654. The molecule has 144 valence electrons. The number of hydrogen-bond acceptors (Lipinski definition) is 3. The van der Waals surface area contributed by atoms with Crippen molar-refractivity contribution < 1.29 is 9.59 Å². The number of urea groups is 1. The highest BCUT2D eigenvalue weighted by Gasteiger charge is 2.32. The lowest BCUT2D eigenvalue weighted by molar-refractivity contribution is -0.127. The molecule has 2 heterocycles. The number of likely N-dealkylation sites (tertiary alicyclic amines) is 2. The van der Waals surface area contributed by atoms with Crippen molar-refractivity contribution in [1.82, 2.24) is 15.1 Å². The zero-order chi connectivity index (χ0) is 16.9. The van der Waals surface area contributed by atoms with E-state index >= 15 is 0 Å². The molecule has 2 unspecified atom stereocenters. The van der Waals surface area contributed by atoms with E-state index in [0.717, 1.165) is 51.6 Å². The lowest BCUT2D eigenvalue weighted by atomic mass is 9.84. The standard InChI is InChI=1S/C18H32N4O2.ClH/c19-13-15-5-1-2-6-16(15)20-17(23)14-7-11-22(12-8-14)18(24)21-9-3-4-10-21;/h14-16H,1-13,19H2,(H,20,23);1H. The van der Waals surface area contributed by atoms with Crippen molar-refractivity contribution in [2.75, 3.05) is 32.7 Å². The van der Waals surface area contributed by atoms with Gasteiger partial charge in [0.05, 0.1) is 0 Å². The Morgan fingerprint density at radius 3 is 2.12 bits per heavy atom. The molecule has 0 aromatic carbocycles. The molecular weight excluding hydrogens is 340 g/mol. The Morgan fingerprint density at radius 2 is 1.48 bits per heavy atom. The van der Waals surface area contributed by atoms with Crippen molar-refractivity contribution in [2.45, 2.75) is 57.4 Å². The van der Waals surface area contributed by atoms with Gasteiger partial charge in [0.1, 0.15) is 0 Å². The summed E-state index contributed by atoms with van der Waals surface area (Å²) < 4.78 is 0. The van der Waals surface area contributed by atoms with Crippen molar-refractivity contribution in [2.24, 2.45) is 17.6 Å². The van der Waals surface area contributed by atoms with E-state index in [2.05, 4.69) is 5.32 Å². The predicted octanol–water partition coefficient (Wildman–Crippen LogP) is 1.97. The summed E-state index contributed by atoms with van der Waals surface area (Å²) in [7, 11) is 0. The zero-order valence-electron chi connectivity index (χ0n) is 15.1. The minimum absolute atomic E-state index is 0. The molecule has 2 aliphatic heterocycles. The van der Waals surface area contributed by atoms with Crippen LogP contribution in [0.2, 0.25) is 0 Å². The average molecular weight is 373 g/mol. The van der Waals surface area contributed by atoms with Gasteiger partial charge in [0.15, 0.2) is 0 Å². The molecule has 6 nitrogen and oxygen atoms in total. The first-order valence-corrected chi connectivity index (χ1v) is 9.73. The van der Waals surface area contributed by atoms with Gasteiger partial charge in [0.25, 0.3) is 0 Å². The molecule has 3 aliphatic rings. The van der Waals surface area contributed by atoms with Crippen LogP contribution in [0.1, 0.15) is 51.4 Å². The smallest absolute Gasteiger partial charge is 0.319 e. The second-order valence-electron chi connectivity index (χ2n) is 7.63. The Kier molecular flexibility index (Phi) is 7.81. The fraction of sp³-hybridized carbons (Fsp3) is 0.889. The lowest BCUT2D eigenvalue weighted by Crippen LogP contribution is -2.50. The van der Waals surface area contributed by atoms with E-state index in [1.54, 1.807) is 0 Å². The molecule has 3 rings (SSSR count). The maximum absolute atomic E-state index is 12.6. The first kappa shape index (κ1) is 20.3. The topological polar surface area (TPSA) is 78.7 Å². The zero-order valence-corrected chi connectivity index (χ0v) is 15.9. The number of piperidine rings is 1. The molecule has 0 radical (unpaired) electrons. The molecule has 3 fully saturated rings. The van der Waals surface area contributed by atoms with Crippen molar-refractivity contribution in [3.05, 3.63) is 0 Å². The Balaban J connectivity index is 0.00000225. The van der Waals surface area contributed by atoms with Crippen LogP contribution in [0.4, 0.5) is 4.79 Å². The maximum Gasteiger partial charge on any atom is 0.319 e. The minimum Gasteiger partial charge on any atom is -0.353 e. The average Bonchev–Trinajstić information content (AvgIpc) is 3.16. The number of carbonyl (C=O) groups is 2. The van der Waals surface area contributed by atoms with Gasteiger partial charge in [-0.3, -0.25) is 4.79 Å². The fourth-order valence-electron chi connectivity index (χ4n) is 4.42. The number of amides is 3. The normalized spacial score (nSPS) is 27.7. The van der Waals surface area contributed by atoms with Gasteiger partial charge in [0.2, 0.25) is 5.91 Å². The summed E-state index contributed by atoms with van der Waals surface area (Å²) in [6.45, 7) is 3.85. The van der Waals surface area contributed by atoms with Crippen LogP contribution in [-0.4, -0.2) is 60.5 Å². The first-order valence-electron chi connectivity index (χ1n) is 9.73. The largest absolute Gasteiger partial charge is 0.353 e. The predicted molar refractivity (Wildman–Crippen MR) is 101 cm³/mol. The van der Waals surface area contributed by atoms with Crippen LogP contribution in [-0.2, 0) is 4.79 Å². The molecule has 2 saturated heterocycles. The maximum atomic E-state index is 12.6. The number of rotatable bonds is 3. The van der Waals surface area contributed by atoms with Crippen LogP contribution >= 0.6 is 12.4 Å².